The molecule has 0 spiro atoms. The van der Waals surface area contributed by atoms with E-state index in [2.05, 4.69) is 196 Å². The van der Waals surface area contributed by atoms with Crippen molar-refractivity contribution in [3.05, 3.63) is 179 Å². The number of aryl methyl sites for hydroxylation is 1. The average Bonchev–Trinajstić information content (AvgIpc) is 3.59. The first kappa shape index (κ1) is 30.0. The maximum absolute atomic E-state index is 2.46. The zero-order chi connectivity index (χ0) is 34.6. The highest BCUT2D eigenvalue weighted by Gasteiger charge is 2.38. The van der Waals surface area contributed by atoms with Crippen molar-refractivity contribution < 1.29 is 0 Å². The number of rotatable bonds is 3. The lowest BCUT2D eigenvalue weighted by atomic mass is 9.73. The molecule has 0 N–H and O–H groups in total. The van der Waals surface area contributed by atoms with Crippen LogP contribution in [0.15, 0.2) is 152 Å². The van der Waals surface area contributed by atoms with Gasteiger partial charge < -0.3 is 9.47 Å². The van der Waals surface area contributed by atoms with Crippen molar-refractivity contribution in [1.82, 2.24) is 4.57 Å². The van der Waals surface area contributed by atoms with Gasteiger partial charge in [-0.1, -0.05) is 119 Å². The minimum atomic E-state index is -0.0795. The average molecular weight is 657 g/mol. The first-order valence-corrected chi connectivity index (χ1v) is 18.1. The standard InChI is InChI=1S/C49H40N2/c1-31-27-32(23-25-43(31)51-45-21-13-11-19-40(45)49(4,5)41-20-12-14-22-46(41)51)33-24-26-44-37(28-33)38-29-36-35-17-9-10-18-39(35)48(2,3)42(36)30-47(38)50(44)34-15-7-6-8-16-34/h6-30H,1-5H3. The molecule has 2 aliphatic rings. The Morgan fingerprint density at radius 2 is 0.980 bits per heavy atom. The molecule has 2 nitrogen and oxygen atoms in total. The van der Waals surface area contributed by atoms with Crippen LogP contribution in [0.25, 0.3) is 49.7 Å². The fourth-order valence-corrected chi connectivity index (χ4v) is 9.26. The summed E-state index contributed by atoms with van der Waals surface area (Å²) in [5, 5.41) is 2.57. The number of aromatic nitrogens is 1. The van der Waals surface area contributed by atoms with E-state index in [9.17, 15) is 0 Å². The molecule has 8 aromatic rings. The molecule has 51 heavy (non-hydrogen) atoms. The van der Waals surface area contributed by atoms with Crippen molar-refractivity contribution in [3.8, 4) is 27.9 Å². The van der Waals surface area contributed by atoms with Crippen LogP contribution in [0, 0.1) is 6.92 Å². The molecule has 0 bridgehead atoms. The van der Waals surface area contributed by atoms with Crippen LogP contribution in [-0.4, -0.2) is 4.57 Å². The van der Waals surface area contributed by atoms with Gasteiger partial charge in [-0.25, -0.2) is 0 Å². The summed E-state index contributed by atoms with van der Waals surface area (Å²) in [6, 6.07) is 56.5. The maximum atomic E-state index is 2.46. The van der Waals surface area contributed by atoms with Crippen molar-refractivity contribution in [2.75, 3.05) is 4.90 Å². The van der Waals surface area contributed by atoms with E-state index in [-0.39, 0.29) is 10.8 Å². The molecule has 0 radical (unpaired) electrons. The minimum Gasteiger partial charge on any atom is -0.310 e. The summed E-state index contributed by atoms with van der Waals surface area (Å²) >= 11 is 0. The van der Waals surface area contributed by atoms with Crippen molar-refractivity contribution in [2.24, 2.45) is 0 Å². The second kappa shape index (κ2) is 10.6. The lowest BCUT2D eigenvalue weighted by molar-refractivity contribution is 0.632. The Morgan fingerprint density at radius 1 is 0.412 bits per heavy atom. The second-order valence-electron chi connectivity index (χ2n) is 15.5. The van der Waals surface area contributed by atoms with Gasteiger partial charge in [0.15, 0.2) is 0 Å². The van der Waals surface area contributed by atoms with Gasteiger partial charge in [0.05, 0.1) is 22.4 Å². The van der Waals surface area contributed by atoms with E-state index in [0.717, 1.165) is 0 Å². The molecule has 0 saturated heterocycles. The maximum Gasteiger partial charge on any atom is 0.0544 e. The second-order valence-corrected chi connectivity index (χ2v) is 15.5. The molecular formula is C49H40N2. The Hall–Kier alpha value is -5.86. The normalized spacial score (nSPS) is 15.0. The Bertz CT molecular complexity index is 2660. The third kappa shape index (κ3) is 4.17. The number of hydrogen-bond donors (Lipinski definition) is 0. The quantitative estimate of drug-likeness (QED) is 0.184. The number of para-hydroxylation sites is 3. The Morgan fingerprint density at radius 3 is 1.69 bits per heavy atom. The van der Waals surface area contributed by atoms with Gasteiger partial charge in [0.1, 0.15) is 0 Å². The third-order valence-electron chi connectivity index (χ3n) is 11.9. The van der Waals surface area contributed by atoms with Crippen LogP contribution in [0.2, 0.25) is 0 Å². The summed E-state index contributed by atoms with van der Waals surface area (Å²) in [7, 11) is 0. The van der Waals surface area contributed by atoms with Crippen LogP contribution < -0.4 is 4.90 Å². The van der Waals surface area contributed by atoms with Crippen LogP contribution in [-0.2, 0) is 10.8 Å². The Balaban J connectivity index is 1.15. The summed E-state index contributed by atoms with van der Waals surface area (Å²) in [5.41, 5.74) is 19.2. The number of nitrogens with zero attached hydrogens (tertiary/aromatic N) is 2. The van der Waals surface area contributed by atoms with E-state index in [1.165, 1.54) is 94.6 Å². The summed E-state index contributed by atoms with van der Waals surface area (Å²) in [6.07, 6.45) is 0. The van der Waals surface area contributed by atoms with Crippen LogP contribution in [0.3, 0.4) is 0 Å². The molecule has 0 fully saturated rings. The van der Waals surface area contributed by atoms with Gasteiger partial charge in [-0.05, 0) is 118 Å². The van der Waals surface area contributed by atoms with E-state index in [1.807, 2.05) is 0 Å². The molecule has 0 atom stereocenters. The molecule has 2 heteroatoms. The zero-order valence-corrected chi connectivity index (χ0v) is 29.8. The van der Waals surface area contributed by atoms with E-state index in [0.29, 0.717) is 0 Å². The highest BCUT2D eigenvalue weighted by Crippen LogP contribution is 2.53. The fraction of sp³-hybridized carbons (Fsp3) is 0.143. The first-order chi connectivity index (χ1) is 24.7. The molecule has 2 heterocycles. The van der Waals surface area contributed by atoms with Crippen molar-refractivity contribution in [1.29, 1.82) is 0 Å². The van der Waals surface area contributed by atoms with Gasteiger partial charge in [-0.15, -0.1) is 0 Å². The van der Waals surface area contributed by atoms with Gasteiger partial charge in [0.2, 0.25) is 0 Å². The fourth-order valence-electron chi connectivity index (χ4n) is 9.26. The molecule has 1 aliphatic carbocycles. The smallest absolute Gasteiger partial charge is 0.0544 e. The van der Waals surface area contributed by atoms with Gasteiger partial charge in [-0.3, -0.25) is 0 Å². The zero-order valence-electron chi connectivity index (χ0n) is 29.8. The summed E-state index contributed by atoms with van der Waals surface area (Å²) in [5.74, 6) is 0. The molecule has 1 aliphatic heterocycles. The molecule has 246 valence electrons. The van der Waals surface area contributed by atoms with Gasteiger partial charge in [0.25, 0.3) is 0 Å². The van der Waals surface area contributed by atoms with Crippen molar-refractivity contribution >= 4 is 38.9 Å². The Kier molecular flexibility index (Phi) is 6.22. The van der Waals surface area contributed by atoms with Crippen LogP contribution in [0.1, 0.15) is 55.5 Å². The van der Waals surface area contributed by atoms with Crippen LogP contribution >= 0.6 is 0 Å². The van der Waals surface area contributed by atoms with E-state index in [1.54, 1.807) is 0 Å². The number of hydrogen-bond acceptors (Lipinski definition) is 1. The van der Waals surface area contributed by atoms with E-state index in [4.69, 9.17) is 0 Å². The molecular weight excluding hydrogens is 617 g/mol. The minimum absolute atomic E-state index is 0.0618. The monoisotopic (exact) mass is 656 g/mol. The first-order valence-electron chi connectivity index (χ1n) is 18.1. The van der Waals surface area contributed by atoms with Gasteiger partial charge in [0, 0.05) is 33.0 Å². The molecule has 1 aromatic heterocycles. The highest BCUT2D eigenvalue weighted by molar-refractivity contribution is 6.12. The lowest BCUT2D eigenvalue weighted by Crippen LogP contribution is -2.30. The highest BCUT2D eigenvalue weighted by atomic mass is 15.2. The van der Waals surface area contributed by atoms with E-state index >= 15 is 0 Å². The summed E-state index contributed by atoms with van der Waals surface area (Å²) < 4.78 is 2.45. The number of fused-ring (bicyclic) bond motifs is 8. The molecule has 10 rings (SSSR count). The largest absolute Gasteiger partial charge is 0.310 e. The van der Waals surface area contributed by atoms with Gasteiger partial charge in [-0.2, -0.15) is 0 Å². The van der Waals surface area contributed by atoms with Crippen LogP contribution in [0.5, 0.6) is 0 Å². The topological polar surface area (TPSA) is 8.17 Å². The Labute approximate surface area is 300 Å². The summed E-state index contributed by atoms with van der Waals surface area (Å²) in [4.78, 5) is 2.46. The van der Waals surface area contributed by atoms with E-state index < -0.39 is 0 Å². The predicted molar refractivity (Wildman–Crippen MR) is 215 cm³/mol. The molecule has 7 aromatic carbocycles. The third-order valence-corrected chi connectivity index (χ3v) is 11.9. The van der Waals surface area contributed by atoms with Crippen molar-refractivity contribution in [2.45, 2.75) is 45.4 Å². The number of anilines is 3. The predicted octanol–water partition coefficient (Wildman–Crippen LogP) is 13.2. The number of benzene rings is 7. The molecule has 0 unspecified atom stereocenters. The van der Waals surface area contributed by atoms with Crippen LogP contribution in [0.4, 0.5) is 17.1 Å². The lowest BCUT2D eigenvalue weighted by Gasteiger charge is -2.42. The molecule has 0 amide bonds. The molecule has 0 saturated carbocycles. The summed E-state index contributed by atoms with van der Waals surface area (Å²) in [6.45, 7) is 11.7. The van der Waals surface area contributed by atoms with Crippen molar-refractivity contribution in [3.63, 3.8) is 0 Å². The SMILES string of the molecule is Cc1cc(-c2ccc3c(c2)c2cc4c(cc2n3-c2ccccc2)C(C)(C)c2ccccc2-4)ccc1N1c2ccccc2C(C)(C)c2ccccc21. The van der Waals surface area contributed by atoms with Gasteiger partial charge >= 0.3 is 0 Å².